The highest BCUT2D eigenvalue weighted by molar-refractivity contribution is 8.93. The van der Waals surface area contributed by atoms with Gasteiger partial charge in [-0.1, -0.05) is 30.3 Å². The lowest BCUT2D eigenvalue weighted by atomic mass is 9.98. The zero-order chi connectivity index (χ0) is 15.7. The molecule has 0 aliphatic carbocycles. The van der Waals surface area contributed by atoms with Crippen LogP contribution in [0.5, 0.6) is 0 Å². The molecular weight excluding hydrogens is 362 g/mol. The molecular formula is C17H24BrNO4. The van der Waals surface area contributed by atoms with E-state index in [0.29, 0.717) is 6.42 Å². The number of rotatable bonds is 4. The molecule has 2 aliphatic heterocycles. The van der Waals surface area contributed by atoms with Gasteiger partial charge in [-0.15, -0.1) is 17.0 Å². The van der Waals surface area contributed by atoms with E-state index in [4.69, 9.17) is 4.74 Å². The lowest BCUT2D eigenvalue weighted by molar-refractivity contribution is -0.155. The fourth-order valence-electron chi connectivity index (χ4n) is 3.74. The summed E-state index contributed by atoms with van der Waals surface area (Å²) in [4.78, 5) is 14.6. The van der Waals surface area contributed by atoms with Gasteiger partial charge in [0, 0.05) is 24.9 Å². The van der Waals surface area contributed by atoms with E-state index in [-0.39, 0.29) is 53.8 Å². The van der Waals surface area contributed by atoms with Crippen LogP contribution >= 0.6 is 17.0 Å². The highest BCUT2D eigenvalue weighted by atomic mass is 79.9. The van der Waals surface area contributed by atoms with Gasteiger partial charge in [0.15, 0.2) is 0 Å². The van der Waals surface area contributed by atoms with Gasteiger partial charge in [0.1, 0.15) is 12.0 Å². The Balaban J connectivity index is 0.00000192. The highest BCUT2D eigenvalue weighted by Gasteiger charge is 2.45. The summed E-state index contributed by atoms with van der Waals surface area (Å²) in [7, 11) is 2.02. The molecule has 2 aliphatic rings. The van der Waals surface area contributed by atoms with E-state index in [1.54, 1.807) is 0 Å². The zero-order valence-electron chi connectivity index (χ0n) is 13.2. The highest BCUT2D eigenvalue weighted by Crippen LogP contribution is 2.36. The minimum atomic E-state index is -0.636. The number of hydrogen-bond acceptors (Lipinski definition) is 5. The molecule has 23 heavy (non-hydrogen) atoms. The third-order valence-corrected chi connectivity index (χ3v) is 5.05. The van der Waals surface area contributed by atoms with Crippen molar-refractivity contribution in [2.24, 2.45) is 0 Å². The number of benzene rings is 1. The average Bonchev–Trinajstić information content (AvgIpc) is 2.68. The summed E-state index contributed by atoms with van der Waals surface area (Å²) in [6.45, 7) is -0.259. The molecule has 0 radical (unpaired) electrons. The number of likely N-dealkylation sites (N-methyl/N-ethyl adjacent to an activating group) is 1. The lowest BCUT2D eigenvalue weighted by Gasteiger charge is -2.36. The fourth-order valence-corrected chi connectivity index (χ4v) is 3.74. The van der Waals surface area contributed by atoms with Gasteiger partial charge in [-0.3, -0.25) is 9.69 Å². The van der Waals surface area contributed by atoms with E-state index < -0.39 is 5.92 Å². The van der Waals surface area contributed by atoms with Crippen molar-refractivity contribution >= 4 is 23.0 Å². The van der Waals surface area contributed by atoms with Gasteiger partial charge in [0.05, 0.1) is 12.7 Å². The normalized spacial score (nSPS) is 31.3. The van der Waals surface area contributed by atoms with Crippen LogP contribution in [-0.2, 0) is 9.53 Å². The molecule has 2 N–H and O–H groups in total. The Kier molecular flexibility index (Phi) is 6.19. The van der Waals surface area contributed by atoms with Crippen LogP contribution in [0.3, 0.4) is 0 Å². The summed E-state index contributed by atoms with van der Waals surface area (Å²) in [5.74, 6) is -1.01. The van der Waals surface area contributed by atoms with Gasteiger partial charge in [-0.2, -0.15) is 0 Å². The quantitative estimate of drug-likeness (QED) is 0.768. The summed E-state index contributed by atoms with van der Waals surface area (Å²) in [6, 6.07) is 9.56. The van der Waals surface area contributed by atoms with Crippen LogP contribution in [0.1, 0.15) is 30.7 Å². The summed E-state index contributed by atoms with van der Waals surface area (Å²) in [6.07, 6.45) is 1.66. The number of hydrogen-bond donors (Lipinski definition) is 2. The number of nitrogens with zero attached hydrogens (tertiary/aromatic N) is 1. The molecule has 0 saturated carbocycles. The second-order valence-corrected chi connectivity index (χ2v) is 6.37. The van der Waals surface area contributed by atoms with E-state index in [0.717, 1.165) is 18.4 Å². The standard InChI is InChI=1S/C17H23NO4.BrH/c1-18-12-7-13(9-15(18)16(20)8-12)22-17(21)14(10-19)11-5-3-2-4-6-11;/h2-6,12-16,19-20H,7-10H2,1H3;1H/t12-,13-,14?,15-,16?;/m1./s1. The number of carbonyl (C=O) groups is 1. The Morgan fingerprint density at radius 3 is 2.61 bits per heavy atom. The summed E-state index contributed by atoms with van der Waals surface area (Å²) < 4.78 is 5.64. The smallest absolute Gasteiger partial charge is 0.316 e. The third kappa shape index (κ3) is 3.76. The van der Waals surface area contributed by atoms with Crippen LogP contribution in [0.4, 0.5) is 0 Å². The first-order valence-corrected chi connectivity index (χ1v) is 7.86. The molecule has 0 amide bonds. The van der Waals surface area contributed by atoms with Gasteiger partial charge in [0.25, 0.3) is 0 Å². The Bertz CT molecular complexity index is 527. The lowest BCUT2D eigenvalue weighted by Crippen LogP contribution is -2.45. The maximum Gasteiger partial charge on any atom is 0.316 e. The number of halogens is 1. The first-order valence-electron chi connectivity index (χ1n) is 7.86. The number of aliphatic hydroxyl groups excluding tert-OH is 2. The molecule has 2 bridgehead atoms. The fraction of sp³-hybridized carbons (Fsp3) is 0.588. The Morgan fingerprint density at radius 1 is 1.30 bits per heavy atom. The van der Waals surface area contributed by atoms with Crippen molar-refractivity contribution in [2.45, 2.75) is 49.5 Å². The Morgan fingerprint density at radius 2 is 2.00 bits per heavy atom. The molecule has 1 aromatic carbocycles. The number of piperidine rings is 1. The molecule has 2 fully saturated rings. The molecule has 6 heteroatoms. The van der Waals surface area contributed by atoms with Gasteiger partial charge in [0.2, 0.25) is 0 Å². The van der Waals surface area contributed by atoms with Crippen molar-refractivity contribution in [3.05, 3.63) is 35.9 Å². The molecule has 0 aromatic heterocycles. The summed E-state index contributed by atoms with van der Waals surface area (Å²) >= 11 is 0. The van der Waals surface area contributed by atoms with Crippen molar-refractivity contribution in [2.75, 3.05) is 13.7 Å². The SMILES string of the molecule is Br.CN1[C@H]2CC(O)[C@H]1C[C@H](OC(=O)C(CO)c1ccccc1)C2. The Labute approximate surface area is 147 Å². The van der Waals surface area contributed by atoms with Crippen LogP contribution < -0.4 is 0 Å². The van der Waals surface area contributed by atoms with E-state index in [1.165, 1.54) is 0 Å². The molecule has 3 rings (SSSR count). The largest absolute Gasteiger partial charge is 0.462 e. The number of carbonyl (C=O) groups excluding carboxylic acids is 1. The molecule has 5 atom stereocenters. The van der Waals surface area contributed by atoms with Gasteiger partial charge >= 0.3 is 5.97 Å². The van der Waals surface area contributed by atoms with Gasteiger partial charge < -0.3 is 14.9 Å². The molecule has 128 valence electrons. The van der Waals surface area contributed by atoms with E-state index in [1.807, 2.05) is 37.4 Å². The van der Waals surface area contributed by atoms with Crippen LogP contribution in [0.2, 0.25) is 0 Å². The minimum absolute atomic E-state index is 0. The van der Waals surface area contributed by atoms with Crippen LogP contribution in [-0.4, -0.2) is 59.0 Å². The molecule has 2 heterocycles. The maximum atomic E-state index is 12.4. The number of esters is 1. The molecule has 2 saturated heterocycles. The van der Waals surface area contributed by atoms with Gasteiger partial charge in [-0.05, 0) is 19.0 Å². The number of ether oxygens (including phenoxy) is 1. The third-order valence-electron chi connectivity index (χ3n) is 5.05. The number of fused-ring (bicyclic) bond motifs is 2. The summed E-state index contributed by atoms with van der Waals surface area (Å²) in [5, 5.41) is 19.6. The summed E-state index contributed by atoms with van der Waals surface area (Å²) in [5.41, 5.74) is 0.769. The maximum absolute atomic E-state index is 12.4. The van der Waals surface area contributed by atoms with Crippen LogP contribution in [0.15, 0.2) is 30.3 Å². The second-order valence-electron chi connectivity index (χ2n) is 6.37. The first kappa shape index (κ1) is 18.4. The van der Waals surface area contributed by atoms with Crippen molar-refractivity contribution in [3.63, 3.8) is 0 Å². The first-order chi connectivity index (χ1) is 10.6. The molecule has 2 unspecified atom stereocenters. The van der Waals surface area contributed by atoms with Crippen LogP contribution in [0.25, 0.3) is 0 Å². The van der Waals surface area contributed by atoms with Crippen molar-refractivity contribution in [3.8, 4) is 0 Å². The van der Waals surface area contributed by atoms with Crippen LogP contribution in [0, 0.1) is 0 Å². The monoisotopic (exact) mass is 385 g/mol. The zero-order valence-corrected chi connectivity index (χ0v) is 14.9. The topological polar surface area (TPSA) is 70.0 Å². The van der Waals surface area contributed by atoms with Gasteiger partial charge in [-0.25, -0.2) is 0 Å². The minimum Gasteiger partial charge on any atom is -0.462 e. The van der Waals surface area contributed by atoms with Crippen molar-refractivity contribution in [1.82, 2.24) is 4.90 Å². The van der Waals surface area contributed by atoms with Crippen molar-refractivity contribution < 1.29 is 19.7 Å². The number of aliphatic hydroxyl groups is 2. The molecule has 5 nitrogen and oxygen atoms in total. The predicted molar refractivity (Wildman–Crippen MR) is 91.7 cm³/mol. The second kappa shape index (κ2) is 7.75. The van der Waals surface area contributed by atoms with Crippen molar-refractivity contribution in [1.29, 1.82) is 0 Å². The Hall–Kier alpha value is -0.950. The van der Waals surface area contributed by atoms with E-state index in [9.17, 15) is 15.0 Å². The molecule has 0 spiro atoms. The molecule has 1 aromatic rings. The predicted octanol–water partition coefficient (Wildman–Crippen LogP) is 1.48. The van der Waals surface area contributed by atoms with E-state index in [2.05, 4.69) is 4.90 Å². The van der Waals surface area contributed by atoms with E-state index >= 15 is 0 Å². The average molecular weight is 386 g/mol.